The fourth-order valence-electron chi connectivity index (χ4n) is 1.78. The van der Waals surface area contributed by atoms with Crippen LogP contribution in [0.4, 0.5) is 17.1 Å². The van der Waals surface area contributed by atoms with Crippen molar-refractivity contribution >= 4 is 50.6 Å². The number of ether oxygens (including phenoxy) is 1. The molecule has 0 spiro atoms. The van der Waals surface area contributed by atoms with E-state index in [1.54, 1.807) is 31.2 Å². The van der Waals surface area contributed by atoms with E-state index in [0.29, 0.717) is 34.3 Å². The summed E-state index contributed by atoms with van der Waals surface area (Å²) in [5, 5.41) is 3.66. The Kier molecular flexibility index (Phi) is 5.09. The number of esters is 1. The van der Waals surface area contributed by atoms with E-state index >= 15 is 0 Å². The highest BCUT2D eigenvalue weighted by atomic mass is 79.9. The molecule has 21 heavy (non-hydrogen) atoms. The lowest BCUT2D eigenvalue weighted by Crippen LogP contribution is -2.08. The number of carbonyl (C=O) groups excluding carboxylic acids is 1. The zero-order valence-corrected chi connectivity index (χ0v) is 13.7. The maximum atomic E-state index is 12.0. The molecule has 0 saturated heterocycles. The van der Waals surface area contributed by atoms with Crippen LogP contribution in [0.2, 0.25) is 5.02 Å². The van der Waals surface area contributed by atoms with Gasteiger partial charge in [-0.25, -0.2) is 4.79 Å². The van der Waals surface area contributed by atoms with Crippen molar-refractivity contribution in [1.82, 2.24) is 0 Å². The Morgan fingerprint density at radius 3 is 2.67 bits per heavy atom. The van der Waals surface area contributed by atoms with E-state index in [-0.39, 0.29) is 0 Å². The molecular weight excluding hydrogens is 356 g/mol. The normalized spacial score (nSPS) is 10.2. The highest BCUT2D eigenvalue weighted by molar-refractivity contribution is 9.10. The van der Waals surface area contributed by atoms with Crippen molar-refractivity contribution in [2.24, 2.45) is 0 Å². The molecule has 0 atom stereocenters. The number of nitrogens with one attached hydrogen (secondary N) is 1. The molecule has 0 saturated carbocycles. The number of anilines is 3. The molecule has 2 aromatic carbocycles. The molecular formula is C15H14BrClN2O2. The molecule has 6 heteroatoms. The lowest BCUT2D eigenvalue weighted by molar-refractivity contribution is 0.0527. The number of nitrogen functional groups attached to an aromatic ring is 1. The molecule has 4 nitrogen and oxygen atoms in total. The summed E-state index contributed by atoms with van der Waals surface area (Å²) in [6.07, 6.45) is 0. The minimum absolute atomic E-state index is 0.298. The van der Waals surface area contributed by atoms with Crippen molar-refractivity contribution in [1.29, 1.82) is 0 Å². The van der Waals surface area contributed by atoms with Gasteiger partial charge >= 0.3 is 5.97 Å². The molecule has 0 radical (unpaired) electrons. The molecule has 0 aliphatic carbocycles. The van der Waals surface area contributed by atoms with Gasteiger partial charge < -0.3 is 15.8 Å². The molecule has 0 heterocycles. The van der Waals surface area contributed by atoms with E-state index in [1.165, 1.54) is 0 Å². The lowest BCUT2D eigenvalue weighted by atomic mass is 10.1. The van der Waals surface area contributed by atoms with Gasteiger partial charge in [-0.2, -0.15) is 0 Å². The van der Waals surface area contributed by atoms with Crippen LogP contribution >= 0.6 is 27.5 Å². The summed E-state index contributed by atoms with van der Waals surface area (Å²) < 4.78 is 5.91. The van der Waals surface area contributed by atoms with Crippen LogP contribution in [0.1, 0.15) is 17.3 Å². The fraction of sp³-hybridized carbons (Fsp3) is 0.133. The van der Waals surface area contributed by atoms with E-state index in [2.05, 4.69) is 21.2 Å². The van der Waals surface area contributed by atoms with Crippen LogP contribution in [-0.2, 0) is 4.74 Å². The molecule has 2 rings (SSSR count). The Hall–Kier alpha value is -1.72. The van der Waals surface area contributed by atoms with Crippen molar-refractivity contribution < 1.29 is 9.53 Å². The SMILES string of the molecule is CCOC(=O)c1cc(N)ccc1Nc1ccc(Br)cc1Cl. The minimum Gasteiger partial charge on any atom is -0.462 e. The third kappa shape index (κ3) is 3.89. The first kappa shape index (κ1) is 15.7. The van der Waals surface area contributed by atoms with Crippen molar-refractivity contribution in [3.63, 3.8) is 0 Å². The third-order valence-electron chi connectivity index (χ3n) is 2.74. The Morgan fingerprint density at radius 1 is 1.29 bits per heavy atom. The average molecular weight is 370 g/mol. The van der Waals surface area contributed by atoms with Crippen molar-refractivity contribution in [3.05, 3.63) is 51.5 Å². The number of hydrogen-bond acceptors (Lipinski definition) is 4. The number of carbonyl (C=O) groups is 1. The second kappa shape index (κ2) is 6.83. The van der Waals surface area contributed by atoms with Gasteiger partial charge in [-0.3, -0.25) is 0 Å². The van der Waals surface area contributed by atoms with Crippen molar-refractivity contribution in [3.8, 4) is 0 Å². The summed E-state index contributed by atoms with van der Waals surface area (Å²) in [5.74, 6) is -0.430. The second-order valence-corrected chi connectivity index (χ2v) is 5.60. The fourth-order valence-corrected chi connectivity index (χ4v) is 2.51. The Morgan fingerprint density at radius 2 is 2.00 bits per heavy atom. The molecule has 0 aromatic heterocycles. The maximum absolute atomic E-state index is 12.0. The zero-order valence-electron chi connectivity index (χ0n) is 11.3. The topological polar surface area (TPSA) is 64.3 Å². The molecule has 0 aliphatic heterocycles. The molecule has 0 fully saturated rings. The zero-order chi connectivity index (χ0) is 15.4. The number of benzene rings is 2. The van der Waals surface area contributed by atoms with Crippen molar-refractivity contribution in [2.75, 3.05) is 17.7 Å². The highest BCUT2D eigenvalue weighted by Gasteiger charge is 2.14. The van der Waals surface area contributed by atoms with Crippen LogP contribution in [0.3, 0.4) is 0 Å². The largest absolute Gasteiger partial charge is 0.462 e. The summed E-state index contributed by atoms with van der Waals surface area (Å²) in [4.78, 5) is 12.0. The Bertz CT molecular complexity index is 677. The summed E-state index contributed by atoms with van der Waals surface area (Å²) in [6.45, 7) is 2.05. The van der Waals surface area contributed by atoms with Gasteiger partial charge in [0.2, 0.25) is 0 Å². The Labute approximate surface area is 136 Å². The first-order chi connectivity index (χ1) is 10.0. The quantitative estimate of drug-likeness (QED) is 0.610. The molecule has 110 valence electrons. The van der Waals surface area contributed by atoms with Gasteiger partial charge in [0.1, 0.15) is 0 Å². The molecule has 0 bridgehead atoms. The van der Waals surface area contributed by atoms with Gasteiger partial charge in [0.15, 0.2) is 0 Å². The van der Waals surface area contributed by atoms with Crippen LogP contribution in [0.5, 0.6) is 0 Å². The number of rotatable bonds is 4. The third-order valence-corrected chi connectivity index (χ3v) is 3.55. The predicted molar refractivity (Wildman–Crippen MR) is 89.2 cm³/mol. The molecule has 3 N–H and O–H groups in total. The number of halogens is 2. The van der Waals surface area contributed by atoms with Crippen LogP contribution in [0.25, 0.3) is 0 Å². The predicted octanol–water partition coefficient (Wildman–Crippen LogP) is 4.61. The van der Waals surface area contributed by atoms with E-state index in [1.807, 2.05) is 12.1 Å². The van der Waals surface area contributed by atoms with Gasteiger partial charge in [-0.1, -0.05) is 27.5 Å². The first-order valence-electron chi connectivity index (χ1n) is 6.30. The molecule has 0 aliphatic rings. The van der Waals surface area contributed by atoms with Crippen LogP contribution in [0.15, 0.2) is 40.9 Å². The smallest absolute Gasteiger partial charge is 0.340 e. The molecule has 0 amide bonds. The van der Waals surface area contributed by atoms with Gasteiger partial charge in [-0.15, -0.1) is 0 Å². The van der Waals surface area contributed by atoms with E-state index < -0.39 is 5.97 Å². The highest BCUT2D eigenvalue weighted by Crippen LogP contribution is 2.30. The van der Waals surface area contributed by atoms with Crippen LogP contribution < -0.4 is 11.1 Å². The molecule has 0 unspecified atom stereocenters. The van der Waals surface area contributed by atoms with Crippen LogP contribution in [0, 0.1) is 0 Å². The lowest BCUT2D eigenvalue weighted by Gasteiger charge is -2.13. The number of nitrogens with two attached hydrogens (primary N) is 1. The summed E-state index contributed by atoms with van der Waals surface area (Å²) >= 11 is 9.52. The van der Waals surface area contributed by atoms with E-state index in [4.69, 9.17) is 22.1 Å². The first-order valence-corrected chi connectivity index (χ1v) is 7.47. The average Bonchev–Trinajstić information content (AvgIpc) is 2.43. The minimum atomic E-state index is -0.430. The van der Waals surface area contributed by atoms with Crippen molar-refractivity contribution in [2.45, 2.75) is 6.92 Å². The summed E-state index contributed by atoms with van der Waals surface area (Å²) in [6, 6.07) is 10.4. The summed E-state index contributed by atoms with van der Waals surface area (Å²) in [5.41, 5.74) is 7.88. The van der Waals surface area contributed by atoms with Gasteiger partial charge in [0.25, 0.3) is 0 Å². The van der Waals surface area contributed by atoms with Gasteiger partial charge in [-0.05, 0) is 43.3 Å². The molecule has 2 aromatic rings. The van der Waals surface area contributed by atoms with E-state index in [9.17, 15) is 4.79 Å². The maximum Gasteiger partial charge on any atom is 0.340 e. The second-order valence-electron chi connectivity index (χ2n) is 4.27. The van der Waals surface area contributed by atoms with E-state index in [0.717, 1.165) is 4.47 Å². The van der Waals surface area contributed by atoms with Gasteiger partial charge in [0.05, 0.1) is 28.6 Å². The summed E-state index contributed by atoms with van der Waals surface area (Å²) in [7, 11) is 0. The Balaban J connectivity index is 2.37. The monoisotopic (exact) mass is 368 g/mol. The standard InChI is InChI=1S/C15H14BrClN2O2/c1-2-21-15(20)11-8-10(18)4-6-13(11)19-14-5-3-9(16)7-12(14)17/h3-8,19H,2,18H2,1H3. The van der Waals surface area contributed by atoms with Crippen LogP contribution in [-0.4, -0.2) is 12.6 Å². The number of hydrogen-bond donors (Lipinski definition) is 2. The van der Waals surface area contributed by atoms with Gasteiger partial charge in [0, 0.05) is 10.2 Å².